The van der Waals surface area contributed by atoms with Crippen molar-refractivity contribution in [2.45, 2.75) is 25.3 Å². The Balaban J connectivity index is 1.85. The van der Waals surface area contributed by atoms with E-state index in [4.69, 9.17) is 0 Å². The van der Waals surface area contributed by atoms with Crippen molar-refractivity contribution in [1.29, 1.82) is 0 Å². The van der Waals surface area contributed by atoms with Crippen molar-refractivity contribution in [3.63, 3.8) is 0 Å². The summed E-state index contributed by atoms with van der Waals surface area (Å²) in [7, 11) is 0. The van der Waals surface area contributed by atoms with Gasteiger partial charge in [0.15, 0.2) is 0 Å². The summed E-state index contributed by atoms with van der Waals surface area (Å²) in [4.78, 5) is 8.94. The number of rotatable bonds is 3. The molecule has 1 fully saturated rings. The van der Waals surface area contributed by atoms with Gasteiger partial charge in [0.1, 0.15) is 5.82 Å². The zero-order valence-corrected chi connectivity index (χ0v) is 13.7. The van der Waals surface area contributed by atoms with Crippen LogP contribution in [0.15, 0.2) is 59.7 Å². The van der Waals surface area contributed by atoms with Crippen molar-refractivity contribution in [3.05, 3.63) is 77.2 Å². The van der Waals surface area contributed by atoms with Crippen LogP contribution in [0.4, 0.5) is 4.39 Å². The van der Waals surface area contributed by atoms with Gasteiger partial charge in [0.2, 0.25) is 0 Å². The first-order valence-electron chi connectivity index (χ1n) is 8.69. The average molecular weight is 328 g/mol. The molecule has 2 aliphatic rings. The molecule has 1 aromatic heterocycles. The monoisotopic (exact) mass is 328 g/mol. The maximum Gasteiger partial charge on any atom is 0.127 e. The van der Waals surface area contributed by atoms with Crippen molar-refractivity contribution >= 4 is 6.21 Å². The van der Waals surface area contributed by atoms with Gasteiger partial charge in [-0.1, -0.05) is 24.3 Å². The van der Waals surface area contributed by atoms with E-state index in [1.54, 1.807) is 12.3 Å². The number of benzene rings is 2. The van der Waals surface area contributed by atoms with Gasteiger partial charge in [0.25, 0.3) is 0 Å². The van der Waals surface area contributed by atoms with Crippen LogP contribution in [0.2, 0.25) is 0 Å². The van der Waals surface area contributed by atoms with Crippen LogP contribution in [-0.4, -0.2) is 11.2 Å². The minimum absolute atomic E-state index is 0.107. The molecule has 0 bridgehead atoms. The normalized spacial score (nSPS) is 15.4. The van der Waals surface area contributed by atoms with Crippen LogP contribution < -0.4 is 0 Å². The number of aromatic nitrogens is 1. The van der Waals surface area contributed by atoms with Gasteiger partial charge < -0.3 is 0 Å². The van der Waals surface area contributed by atoms with E-state index in [1.165, 1.54) is 5.56 Å². The molecule has 0 unspecified atom stereocenters. The summed E-state index contributed by atoms with van der Waals surface area (Å²) in [6.45, 7) is 0.705. The lowest BCUT2D eigenvalue weighted by molar-refractivity contribution is 0.612. The van der Waals surface area contributed by atoms with E-state index in [2.05, 4.69) is 22.1 Å². The summed E-state index contributed by atoms with van der Waals surface area (Å²) in [6, 6.07) is 15.6. The highest BCUT2D eigenvalue weighted by Gasteiger charge is 2.32. The molecule has 2 aromatic carbocycles. The second-order valence-corrected chi connectivity index (χ2v) is 6.72. The fourth-order valence-corrected chi connectivity index (χ4v) is 3.75. The van der Waals surface area contributed by atoms with Crippen molar-refractivity contribution in [1.82, 2.24) is 4.98 Å². The van der Waals surface area contributed by atoms with Gasteiger partial charge in [-0.15, -0.1) is 0 Å². The molecule has 122 valence electrons. The minimum atomic E-state index is -0.107. The number of fused-ring (bicyclic) bond motifs is 1. The van der Waals surface area contributed by atoms with Crippen LogP contribution in [0.1, 0.15) is 35.4 Å². The zero-order chi connectivity index (χ0) is 16.8. The summed E-state index contributed by atoms with van der Waals surface area (Å²) in [5, 5.41) is 0. The molecule has 1 aliphatic heterocycles. The summed E-state index contributed by atoms with van der Waals surface area (Å²) in [5.41, 5.74) is 7.11. The van der Waals surface area contributed by atoms with Crippen LogP contribution in [0.3, 0.4) is 0 Å². The molecule has 0 N–H and O–H groups in total. The second-order valence-electron chi connectivity index (χ2n) is 6.72. The molecule has 0 radical (unpaired) electrons. The fourth-order valence-electron chi connectivity index (χ4n) is 3.75. The highest BCUT2D eigenvalue weighted by atomic mass is 19.1. The molecule has 0 saturated heterocycles. The largest absolute Gasteiger partial charge is 0.288 e. The average Bonchev–Trinajstić information content (AvgIpc) is 3.37. The van der Waals surface area contributed by atoms with Gasteiger partial charge in [-0.3, -0.25) is 9.98 Å². The summed E-state index contributed by atoms with van der Waals surface area (Å²) in [6.07, 6.45) is 5.82. The van der Waals surface area contributed by atoms with Gasteiger partial charge in [-0.2, -0.15) is 0 Å². The number of nitrogens with zero attached hydrogens (tertiary/aromatic N) is 2. The number of hydrogen-bond donors (Lipinski definition) is 0. The highest BCUT2D eigenvalue weighted by Crippen LogP contribution is 2.49. The Morgan fingerprint density at radius 2 is 1.84 bits per heavy atom. The first-order chi connectivity index (χ1) is 12.3. The van der Waals surface area contributed by atoms with Gasteiger partial charge >= 0.3 is 0 Å². The van der Waals surface area contributed by atoms with Crippen molar-refractivity contribution < 1.29 is 4.39 Å². The smallest absolute Gasteiger partial charge is 0.127 e. The molecular formula is C22H17FN2. The lowest BCUT2D eigenvalue weighted by Gasteiger charge is -2.18. The molecule has 5 rings (SSSR count). The molecular weight excluding hydrogens is 311 g/mol. The molecule has 1 saturated carbocycles. The molecule has 25 heavy (non-hydrogen) atoms. The number of hydrogen-bond acceptors (Lipinski definition) is 2. The Hall–Kier alpha value is -2.81. The number of pyridine rings is 1. The maximum atomic E-state index is 14.8. The van der Waals surface area contributed by atoms with Crippen molar-refractivity contribution in [3.8, 4) is 22.4 Å². The van der Waals surface area contributed by atoms with E-state index in [0.717, 1.165) is 46.4 Å². The fraction of sp³-hybridized carbons (Fsp3) is 0.182. The van der Waals surface area contributed by atoms with E-state index in [9.17, 15) is 4.39 Å². The van der Waals surface area contributed by atoms with E-state index < -0.39 is 0 Å². The zero-order valence-electron chi connectivity index (χ0n) is 13.7. The van der Waals surface area contributed by atoms with Gasteiger partial charge in [0, 0.05) is 23.5 Å². The third-order valence-electron chi connectivity index (χ3n) is 5.07. The third-order valence-corrected chi connectivity index (χ3v) is 5.07. The van der Waals surface area contributed by atoms with Crippen LogP contribution in [0, 0.1) is 5.82 Å². The van der Waals surface area contributed by atoms with E-state index in [0.29, 0.717) is 12.5 Å². The molecule has 3 aromatic rings. The quantitative estimate of drug-likeness (QED) is 0.635. The Morgan fingerprint density at radius 1 is 0.920 bits per heavy atom. The molecule has 0 spiro atoms. The molecule has 0 amide bonds. The predicted molar refractivity (Wildman–Crippen MR) is 98.3 cm³/mol. The first kappa shape index (κ1) is 14.5. The topological polar surface area (TPSA) is 25.2 Å². The Kier molecular flexibility index (Phi) is 3.27. The van der Waals surface area contributed by atoms with Gasteiger partial charge in [-0.05, 0) is 65.3 Å². The van der Waals surface area contributed by atoms with E-state index in [1.807, 2.05) is 36.5 Å². The number of aliphatic imine (C=N–C) groups is 1. The van der Waals surface area contributed by atoms with Crippen molar-refractivity contribution in [2.24, 2.45) is 4.99 Å². The van der Waals surface area contributed by atoms with Crippen LogP contribution in [0.5, 0.6) is 0 Å². The summed E-state index contributed by atoms with van der Waals surface area (Å²) >= 11 is 0. The number of halogens is 1. The van der Waals surface area contributed by atoms with E-state index in [-0.39, 0.29) is 5.82 Å². The standard InChI is InChI=1S/C22H17FN2/c23-19-10-9-17(20-6-1-2-11-25-20)22(21(19)14-7-8-14)16-5-3-4-15-12-24-13-18(15)16/h1-6,9-11,13-14H,7-8,12H2. The molecule has 0 atom stereocenters. The third kappa shape index (κ3) is 2.39. The minimum Gasteiger partial charge on any atom is -0.288 e. The maximum absolute atomic E-state index is 14.8. The molecule has 1 aliphatic carbocycles. The highest BCUT2D eigenvalue weighted by molar-refractivity contribution is 5.98. The van der Waals surface area contributed by atoms with E-state index >= 15 is 0 Å². The Labute approximate surface area is 146 Å². The predicted octanol–water partition coefficient (Wildman–Crippen LogP) is 5.36. The molecule has 3 heteroatoms. The SMILES string of the molecule is Fc1ccc(-c2ccccn2)c(-c2cccc3c2C=NC3)c1C1CC1. The summed E-state index contributed by atoms with van der Waals surface area (Å²) < 4.78 is 14.8. The van der Waals surface area contributed by atoms with Crippen LogP contribution >= 0.6 is 0 Å². The molecule has 2 nitrogen and oxygen atoms in total. The van der Waals surface area contributed by atoms with Crippen LogP contribution in [-0.2, 0) is 6.54 Å². The first-order valence-corrected chi connectivity index (χ1v) is 8.69. The lowest BCUT2D eigenvalue weighted by atomic mass is 9.87. The lowest BCUT2D eigenvalue weighted by Crippen LogP contribution is -2.00. The summed E-state index contributed by atoms with van der Waals surface area (Å²) in [5.74, 6) is 0.206. The second kappa shape index (κ2) is 5.62. The van der Waals surface area contributed by atoms with Crippen LogP contribution in [0.25, 0.3) is 22.4 Å². The van der Waals surface area contributed by atoms with Gasteiger partial charge in [0.05, 0.1) is 12.2 Å². The van der Waals surface area contributed by atoms with Gasteiger partial charge in [-0.25, -0.2) is 4.39 Å². The van der Waals surface area contributed by atoms with Crippen molar-refractivity contribution in [2.75, 3.05) is 0 Å². The molecule has 2 heterocycles. The Bertz CT molecular complexity index is 988. The Morgan fingerprint density at radius 3 is 2.64 bits per heavy atom.